The zero-order valence-corrected chi connectivity index (χ0v) is 20.8. The predicted octanol–water partition coefficient (Wildman–Crippen LogP) is 5.81. The molecule has 3 atom stereocenters. The van der Waals surface area contributed by atoms with E-state index in [1.54, 1.807) is 0 Å². The van der Waals surface area contributed by atoms with Crippen LogP contribution < -0.4 is 11.1 Å². The Morgan fingerprint density at radius 2 is 1.50 bits per heavy atom. The van der Waals surface area contributed by atoms with Crippen molar-refractivity contribution >= 4 is 0 Å². The van der Waals surface area contributed by atoms with Gasteiger partial charge in [0.1, 0.15) is 0 Å². The van der Waals surface area contributed by atoms with Crippen molar-refractivity contribution in [2.75, 3.05) is 26.3 Å². The molecule has 0 bridgehead atoms. The molecule has 0 aromatic carbocycles. The highest BCUT2D eigenvalue weighted by atomic mass is 16.5. The van der Waals surface area contributed by atoms with Gasteiger partial charge in [0.05, 0.1) is 12.7 Å². The summed E-state index contributed by atoms with van der Waals surface area (Å²) < 4.78 is 5.69. The fourth-order valence-corrected chi connectivity index (χ4v) is 5.54. The predicted molar refractivity (Wildman–Crippen MR) is 130 cm³/mol. The van der Waals surface area contributed by atoms with Crippen LogP contribution in [0.5, 0.6) is 0 Å². The molecule has 4 N–H and O–H groups in total. The highest BCUT2D eigenvalue weighted by Crippen LogP contribution is 2.45. The summed E-state index contributed by atoms with van der Waals surface area (Å²) in [6.45, 7) is 12.0. The van der Waals surface area contributed by atoms with Crippen molar-refractivity contribution in [3.05, 3.63) is 0 Å². The number of nitrogens with one attached hydrogen (secondary N) is 1. The van der Waals surface area contributed by atoms with E-state index in [0.717, 1.165) is 32.4 Å². The van der Waals surface area contributed by atoms with Gasteiger partial charge >= 0.3 is 0 Å². The summed E-state index contributed by atoms with van der Waals surface area (Å²) in [5, 5.41) is 13.6. The van der Waals surface area contributed by atoms with Gasteiger partial charge in [-0.1, -0.05) is 91.9 Å². The van der Waals surface area contributed by atoms with E-state index in [2.05, 4.69) is 33.0 Å². The lowest BCUT2D eigenvalue weighted by molar-refractivity contribution is 0.0305. The van der Waals surface area contributed by atoms with Crippen LogP contribution in [0.25, 0.3) is 0 Å². The Labute approximate surface area is 188 Å². The van der Waals surface area contributed by atoms with Crippen molar-refractivity contribution in [2.24, 2.45) is 16.6 Å². The maximum Gasteiger partial charge on any atom is 0.0897 e. The molecule has 1 fully saturated rings. The van der Waals surface area contributed by atoms with Gasteiger partial charge in [-0.05, 0) is 36.5 Å². The quantitative estimate of drug-likeness (QED) is 0.242. The van der Waals surface area contributed by atoms with Crippen molar-refractivity contribution < 1.29 is 9.84 Å². The van der Waals surface area contributed by atoms with Crippen molar-refractivity contribution in [2.45, 2.75) is 130 Å². The van der Waals surface area contributed by atoms with E-state index in [9.17, 15) is 5.11 Å². The van der Waals surface area contributed by atoms with Crippen LogP contribution in [0.2, 0.25) is 0 Å². The van der Waals surface area contributed by atoms with Gasteiger partial charge in [0, 0.05) is 25.7 Å². The summed E-state index contributed by atoms with van der Waals surface area (Å²) in [6, 6.07) is 0.291. The first-order valence-corrected chi connectivity index (χ1v) is 13.0. The third kappa shape index (κ3) is 14.0. The first kappa shape index (κ1) is 27.9. The van der Waals surface area contributed by atoms with E-state index in [1.807, 2.05) is 0 Å². The molecule has 0 spiro atoms. The topological polar surface area (TPSA) is 67.5 Å². The van der Waals surface area contributed by atoms with E-state index < -0.39 is 6.10 Å². The fourth-order valence-electron chi connectivity index (χ4n) is 5.54. The first-order chi connectivity index (χ1) is 14.3. The fraction of sp³-hybridized carbons (Fsp3) is 1.00. The van der Waals surface area contributed by atoms with Gasteiger partial charge in [-0.15, -0.1) is 0 Å². The molecule has 0 radical (unpaired) electrons. The van der Waals surface area contributed by atoms with E-state index in [1.165, 1.54) is 70.6 Å². The molecular formula is C26H54N2O2. The number of aliphatic hydroxyl groups is 1. The lowest BCUT2D eigenvalue weighted by atomic mass is 9.63. The van der Waals surface area contributed by atoms with Crippen LogP contribution in [0.4, 0.5) is 0 Å². The average molecular weight is 427 g/mol. The summed E-state index contributed by atoms with van der Waals surface area (Å²) in [5.74, 6) is 0. The number of unbranched alkanes of at least 4 members (excludes halogenated alkanes) is 10. The van der Waals surface area contributed by atoms with Crippen LogP contribution in [0, 0.1) is 10.8 Å². The van der Waals surface area contributed by atoms with Gasteiger partial charge < -0.3 is 20.9 Å². The first-order valence-electron chi connectivity index (χ1n) is 13.0. The van der Waals surface area contributed by atoms with E-state index >= 15 is 0 Å². The van der Waals surface area contributed by atoms with Gasteiger partial charge in [-0.3, -0.25) is 0 Å². The molecule has 180 valence electrons. The second-order valence-corrected chi connectivity index (χ2v) is 11.2. The number of hydrogen-bond acceptors (Lipinski definition) is 4. The summed E-state index contributed by atoms with van der Waals surface area (Å²) in [5.41, 5.74) is 6.81. The van der Waals surface area contributed by atoms with Crippen LogP contribution in [-0.2, 0) is 4.74 Å². The molecule has 0 aromatic heterocycles. The summed E-state index contributed by atoms with van der Waals surface area (Å²) in [6.07, 6.45) is 17.8. The number of hydrogen-bond donors (Lipinski definition) is 3. The molecule has 4 heteroatoms. The van der Waals surface area contributed by atoms with Crippen LogP contribution in [-0.4, -0.2) is 43.6 Å². The molecule has 3 unspecified atom stereocenters. The molecule has 0 amide bonds. The molecular weight excluding hydrogens is 372 g/mol. The molecule has 1 rings (SSSR count). The van der Waals surface area contributed by atoms with Crippen molar-refractivity contribution in [3.8, 4) is 0 Å². The Hall–Kier alpha value is -0.160. The Morgan fingerprint density at radius 3 is 2.07 bits per heavy atom. The van der Waals surface area contributed by atoms with Crippen LogP contribution in [0.3, 0.4) is 0 Å². The highest BCUT2D eigenvalue weighted by Gasteiger charge is 2.39. The lowest BCUT2D eigenvalue weighted by Crippen LogP contribution is -2.47. The molecule has 1 saturated carbocycles. The smallest absolute Gasteiger partial charge is 0.0897 e. The largest absolute Gasteiger partial charge is 0.389 e. The van der Waals surface area contributed by atoms with E-state index in [0.29, 0.717) is 24.6 Å². The van der Waals surface area contributed by atoms with Gasteiger partial charge in [-0.2, -0.15) is 0 Å². The summed E-state index contributed by atoms with van der Waals surface area (Å²) in [7, 11) is 0. The SMILES string of the molecule is CCCCCCCCCCCCCOCC(O)CNCC1(C)CC(N)CC(C)(C)C1. The minimum Gasteiger partial charge on any atom is -0.389 e. The second-order valence-electron chi connectivity index (χ2n) is 11.2. The molecule has 1 aliphatic carbocycles. The van der Waals surface area contributed by atoms with Crippen LogP contribution in [0.15, 0.2) is 0 Å². The lowest BCUT2D eigenvalue weighted by Gasteiger charge is -2.46. The average Bonchev–Trinajstić information content (AvgIpc) is 2.63. The normalized spacial score (nSPS) is 24.8. The van der Waals surface area contributed by atoms with Crippen molar-refractivity contribution in [1.82, 2.24) is 5.32 Å². The molecule has 1 aliphatic rings. The second kappa shape index (κ2) is 15.6. The number of ether oxygens (including phenoxy) is 1. The third-order valence-electron chi connectivity index (χ3n) is 6.61. The van der Waals surface area contributed by atoms with Crippen molar-refractivity contribution in [1.29, 1.82) is 0 Å². The van der Waals surface area contributed by atoms with Gasteiger partial charge in [0.2, 0.25) is 0 Å². The van der Waals surface area contributed by atoms with Crippen LogP contribution >= 0.6 is 0 Å². The van der Waals surface area contributed by atoms with Gasteiger partial charge in [0.15, 0.2) is 0 Å². The minimum atomic E-state index is -0.424. The Bertz CT molecular complexity index is 416. The number of rotatable bonds is 18. The minimum absolute atomic E-state index is 0.219. The van der Waals surface area contributed by atoms with Crippen LogP contribution in [0.1, 0.15) is 118 Å². The maximum absolute atomic E-state index is 10.2. The standard InChI is InChI=1S/C26H54N2O2/c1-5-6-7-8-9-10-11-12-13-14-15-16-30-20-24(29)19-28-22-26(4)18-23(27)17-25(2,3)21-26/h23-24,28-29H,5-22,27H2,1-4H3. The maximum atomic E-state index is 10.2. The van der Waals surface area contributed by atoms with Gasteiger partial charge in [-0.25, -0.2) is 0 Å². The zero-order chi connectivity index (χ0) is 22.3. The Morgan fingerprint density at radius 1 is 0.933 bits per heavy atom. The van der Waals surface area contributed by atoms with E-state index in [4.69, 9.17) is 10.5 Å². The molecule has 0 aromatic rings. The summed E-state index contributed by atoms with van der Waals surface area (Å²) in [4.78, 5) is 0. The molecule has 0 aliphatic heterocycles. The van der Waals surface area contributed by atoms with E-state index in [-0.39, 0.29) is 5.41 Å². The molecule has 4 nitrogen and oxygen atoms in total. The zero-order valence-electron chi connectivity index (χ0n) is 20.8. The third-order valence-corrected chi connectivity index (χ3v) is 6.61. The monoisotopic (exact) mass is 426 g/mol. The Kier molecular flexibility index (Phi) is 14.5. The van der Waals surface area contributed by atoms with Gasteiger partial charge in [0.25, 0.3) is 0 Å². The number of nitrogens with two attached hydrogens (primary N) is 1. The molecule has 0 saturated heterocycles. The molecule has 0 heterocycles. The van der Waals surface area contributed by atoms with Crippen molar-refractivity contribution in [3.63, 3.8) is 0 Å². The summed E-state index contributed by atoms with van der Waals surface area (Å²) >= 11 is 0. The highest BCUT2D eigenvalue weighted by molar-refractivity contribution is 4.94. The number of aliphatic hydroxyl groups excluding tert-OH is 1. The molecule has 30 heavy (non-hydrogen) atoms. The Balaban J connectivity index is 1.92.